The molecule has 1 fully saturated rings. The molecular formula is C16H21ClN2OS2. The molecule has 3 rings (SSSR count). The lowest BCUT2D eigenvalue weighted by molar-refractivity contribution is -0.121. The number of fused-ring (bicyclic) bond motifs is 1. The van der Waals surface area contributed by atoms with Crippen molar-refractivity contribution < 1.29 is 4.79 Å². The highest BCUT2D eigenvalue weighted by Gasteiger charge is 2.16. The standard InChI is InChI=1S/C16H20N2OS2.ClH/c19-16(9-13-11-20-8-7-17-13)18-6-5-12-10-21-15-4-2-1-3-14(12)15;/h1-4,10,13,17H,5-9,11H2,(H,18,19);1H. The summed E-state index contributed by atoms with van der Waals surface area (Å²) in [4.78, 5) is 11.9. The molecule has 0 aliphatic carbocycles. The molecular weight excluding hydrogens is 336 g/mol. The zero-order valence-electron chi connectivity index (χ0n) is 12.3. The van der Waals surface area contributed by atoms with Crippen molar-refractivity contribution >= 4 is 51.5 Å². The number of benzene rings is 1. The normalized spacial score (nSPS) is 17.9. The minimum atomic E-state index is 0. The van der Waals surface area contributed by atoms with Gasteiger partial charge in [0.15, 0.2) is 0 Å². The quantitative estimate of drug-likeness (QED) is 0.865. The van der Waals surface area contributed by atoms with Gasteiger partial charge in [-0.05, 0) is 28.8 Å². The maximum Gasteiger partial charge on any atom is 0.221 e. The molecule has 2 N–H and O–H groups in total. The molecule has 0 radical (unpaired) electrons. The number of carbonyl (C=O) groups excluding carboxylic acids is 1. The van der Waals surface area contributed by atoms with Crippen molar-refractivity contribution in [1.82, 2.24) is 10.6 Å². The largest absolute Gasteiger partial charge is 0.356 e. The number of halogens is 1. The molecule has 0 saturated carbocycles. The first-order chi connectivity index (χ1) is 10.3. The Morgan fingerprint density at radius 2 is 2.23 bits per heavy atom. The van der Waals surface area contributed by atoms with Gasteiger partial charge in [-0.2, -0.15) is 11.8 Å². The number of thioether (sulfide) groups is 1. The molecule has 0 bridgehead atoms. The van der Waals surface area contributed by atoms with Crippen molar-refractivity contribution in [3.8, 4) is 0 Å². The van der Waals surface area contributed by atoms with E-state index in [0.717, 1.165) is 31.0 Å². The highest BCUT2D eigenvalue weighted by Crippen LogP contribution is 2.25. The molecule has 1 aliphatic rings. The smallest absolute Gasteiger partial charge is 0.221 e. The molecule has 1 amide bonds. The second kappa shape index (κ2) is 8.77. The molecule has 0 spiro atoms. The van der Waals surface area contributed by atoms with Crippen molar-refractivity contribution in [2.75, 3.05) is 24.6 Å². The Hall–Kier alpha value is -0.750. The van der Waals surface area contributed by atoms with Crippen molar-refractivity contribution in [1.29, 1.82) is 0 Å². The number of carbonyl (C=O) groups is 1. The van der Waals surface area contributed by atoms with Crippen LogP contribution in [-0.2, 0) is 11.2 Å². The van der Waals surface area contributed by atoms with E-state index in [1.54, 1.807) is 11.3 Å². The molecule has 2 heterocycles. The Bertz CT molecular complexity index is 611. The van der Waals surface area contributed by atoms with Crippen LogP contribution in [0.5, 0.6) is 0 Å². The topological polar surface area (TPSA) is 41.1 Å². The fourth-order valence-corrected chi connectivity index (χ4v) is 4.56. The van der Waals surface area contributed by atoms with Crippen LogP contribution in [-0.4, -0.2) is 36.5 Å². The van der Waals surface area contributed by atoms with Crippen LogP contribution in [0, 0.1) is 0 Å². The van der Waals surface area contributed by atoms with E-state index in [9.17, 15) is 4.79 Å². The number of thiophene rings is 1. The van der Waals surface area contributed by atoms with E-state index in [2.05, 4.69) is 40.3 Å². The summed E-state index contributed by atoms with van der Waals surface area (Å²) in [6.45, 7) is 1.74. The van der Waals surface area contributed by atoms with E-state index in [1.165, 1.54) is 15.6 Å². The first-order valence-electron chi connectivity index (χ1n) is 7.36. The van der Waals surface area contributed by atoms with E-state index in [-0.39, 0.29) is 18.3 Å². The Balaban J connectivity index is 0.00000176. The average Bonchev–Trinajstić information content (AvgIpc) is 2.92. The highest BCUT2D eigenvalue weighted by molar-refractivity contribution is 7.99. The van der Waals surface area contributed by atoms with Crippen LogP contribution < -0.4 is 10.6 Å². The van der Waals surface area contributed by atoms with Gasteiger partial charge in [-0.1, -0.05) is 18.2 Å². The van der Waals surface area contributed by atoms with Crippen LogP contribution in [0.15, 0.2) is 29.6 Å². The summed E-state index contributed by atoms with van der Waals surface area (Å²) in [6.07, 6.45) is 1.50. The second-order valence-electron chi connectivity index (χ2n) is 5.29. The molecule has 1 aliphatic heterocycles. The lowest BCUT2D eigenvalue weighted by atomic mass is 10.1. The van der Waals surface area contributed by atoms with Gasteiger partial charge in [0.1, 0.15) is 0 Å². The molecule has 2 aromatic rings. The Morgan fingerprint density at radius 3 is 3.05 bits per heavy atom. The summed E-state index contributed by atoms with van der Waals surface area (Å²) in [5.41, 5.74) is 1.34. The number of rotatable bonds is 5. The van der Waals surface area contributed by atoms with E-state index in [0.29, 0.717) is 12.5 Å². The van der Waals surface area contributed by atoms with Crippen molar-refractivity contribution in [3.63, 3.8) is 0 Å². The Kier molecular flexibility index (Phi) is 7.02. The van der Waals surface area contributed by atoms with Crippen LogP contribution in [0.1, 0.15) is 12.0 Å². The van der Waals surface area contributed by atoms with Crippen LogP contribution in [0.3, 0.4) is 0 Å². The monoisotopic (exact) mass is 356 g/mol. The van der Waals surface area contributed by atoms with Crippen LogP contribution in [0.4, 0.5) is 0 Å². The summed E-state index contributed by atoms with van der Waals surface area (Å²) >= 11 is 3.70. The van der Waals surface area contributed by atoms with E-state index in [4.69, 9.17) is 0 Å². The maximum absolute atomic E-state index is 11.9. The zero-order valence-corrected chi connectivity index (χ0v) is 14.8. The molecule has 1 unspecified atom stereocenters. The summed E-state index contributed by atoms with van der Waals surface area (Å²) < 4.78 is 1.32. The first-order valence-corrected chi connectivity index (χ1v) is 9.39. The first kappa shape index (κ1) is 17.6. The number of nitrogens with one attached hydrogen (secondary N) is 2. The summed E-state index contributed by atoms with van der Waals surface area (Å²) in [5.74, 6) is 2.36. The average molecular weight is 357 g/mol. The van der Waals surface area contributed by atoms with Gasteiger partial charge in [0.25, 0.3) is 0 Å². The Morgan fingerprint density at radius 1 is 1.36 bits per heavy atom. The fourth-order valence-electron chi connectivity index (χ4n) is 2.61. The number of hydrogen-bond acceptors (Lipinski definition) is 4. The van der Waals surface area contributed by atoms with Crippen molar-refractivity contribution in [2.45, 2.75) is 18.9 Å². The Labute approximate surface area is 145 Å². The van der Waals surface area contributed by atoms with Crippen LogP contribution in [0.2, 0.25) is 0 Å². The molecule has 1 saturated heterocycles. The lowest BCUT2D eigenvalue weighted by Crippen LogP contribution is -2.41. The molecule has 1 aromatic carbocycles. The lowest BCUT2D eigenvalue weighted by Gasteiger charge is -2.22. The van der Waals surface area contributed by atoms with Crippen LogP contribution in [0.25, 0.3) is 10.1 Å². The SMILES string of the molecule is Cl.O=C(CC1CSCCN1)NCCc1csc2ccccc12. The summed E-state index contributed by atoms with van der Waals surface area (Å²) in [7, 11) is 0. The van der Waals surface area contributed by atoms with Crippen molar-refractivity contribution in [2.24, 2.45) is 0 Å². The predicted molar refractivity (Wildman–Crippen MR) is 99.5 cm³/mol. The van der Waals surface area contributed by atoms with Gasteiger partial charge in [0, 0.05) is 41.8 Å². The van der Waals surface area contributed by atoms with Crippen LogP contribution >= 0.6 is 35.5 Å². The van der Waals surface area contributed by atoms with Gasteiger partial charge in [-0.3, -0.25) is 4.79 Å². The highest BCUT2D eigenvalue weighted by atomic mass is 35.5. The molecule has 1 aromatic heterocycles. The molecule has 22 heavy (non-hydrogen) atoms. The molecule has 3 nitrogen and oxygen atoms in total. The molecule has 120 valence electrons. The fraction of sp³-hybridized carbons (Fsp3) is 0.438. The van der Waals surface area contributed by atoms with E-state index < -0.39 is 0 Å². The molecule has 1 atom stereocenters. The minimum Gasteiger partial charge on any atom is -0.356 e. The van der Waals surface area contributed by atoms with E-state index >= 15 is 0 Å². The van der Waals surface area contributed by atoms with Gasteiger partial charge in [0.2, 0.25) is 5.91 Å². The van der Waals surface area contributed by atoms with Crippen molar-refractivity contribution in [3.05, 3.63) is 35.2 Å². The van der Waals surface area contributed by atoms with E-state index in [1.807, 2.05) is 11.8 Å². The third kappa shape index (κ3) is 4.62. The molecule has 6 heteroatoms. The minimum absolute atomic E-state index is 0. The van der Waals surface area contributed by atoms with Gasteiger partial charge < -0.3 is 10.6 Å². The summed E-state index contributed by atoms with van der Waals surface area (Å²) in [5, 5.41) is 9.97. The van der Waals surface area contributed by atoms with Gasteiger partial charge in [-0.25, -0.2) is 0 Å². The summed E-state index contributed by atoms with van der Waals surface area (Å²) in [6, 6.07) is 8.79. The maximum atomic E-state index is 11.9. The second-order valence-corrected chi connectivity index (χ2v) is 7.35. The van der Waals surface area contributed by atoms with Gasteiger partial charge in [-0.15, -0.1) is 23.7 Å². The third-order valence-corrected chi connectivity index (χ3v) is 5.85. The zero-order chi connectivity index (χ0) is 14.5. The predicted octanol–water partition coefficient (Wildman–Crippen LogP) is 3.08. The number of hydrogen-bond donors (Lipinski definition) is 2. The number of amides is 1. The van der Waals surface area contributed by atoms with Gasteiger partial charge >= 0.3 is 0 Å². The third-order valence-electron chi connectivity index (χ3n) is 3.71. The van der Waals surface area contributed by atoms with Gasteiger partial charge in [0.05, 0.1) is 0 Å².